The standard InChI is InChI=1S/C11H24ClNO2/c1-4-5-7-15-8-6-13(2)9-11(12)10-14-3/h11H,4-10H2,1-3H3. The molecule has 15 heavy (non-hydrogen) atoms. The van der Waals surface area contributed by atoms with Gasteiger partial charge in [-0.3, -0.25) is 0 Å². The van der Waals surface area contributed by atoms with Crippen molar-refractivity contribution in [3.8, 4) is 0 Å². The van der Waals surface area contributed by atoms with E-state index in [2.05, 4.69) is 11.8 Å². The Hall–Kier alpha value is 0.170. The van der Waals surface area contributed by atoms with E-state index in [0.717, 1.165) is 32.7 Å². The number of methoxy groups -OCH3 is 1. The number of alkyl halides is 1. The van der Waals surface area contributed by atoms with Gasteiger partial charge in [0.25, 0.3) is 0 Å². The Bertz CT molecular complexity index is 136. The molecule has 0 rings (SSSR count). The van der Waals surface area contributed by atoms with Gasteiger partial charge in [0.15, 0.2) is 0 Å². The molecule has 0 fully saturated rings. The molecule has 0 saturated heterocycles. The van der Waals surface area contributed by atoms with Crippen LogP contribution in [0.3, 0.4) is 0 Å². The average molecular weight is 238 g/mol. The Kier molecular flexibility index (Phi) is 10.8. The molecule has 1 atom stereocenters. The maximum absolute atomic E-state index is 6.03. The number of hydrogen-bond acceptors (Lipinski definition) is 3. The van der Waals surface area contributed by atoms with Crippen molar-refractivity contribution >= 4 is 11.6 Å². The van der Waals surface area contributed by atoms with Crippen molar-refractivity contribution in [2.24, 2.45) is 0 Å². The van der Waals surface area contributed by atoms with Crippen LogP contribution in [0.1, 0.15) is 19.8 Å². The Balaban J connectivity index is 3.28. The molecule has 0 aliphatic heterocycles. The first-order valence-corrected chi connectivity index (χ1v) is 6.03. The van der Waals surface area contributed by atoms with E-state index < -0.39 is 0 Å². The van der Waals surface area contributed by atoms with E-state index in [-0.39, 0.29) is 5.38 Å². The van der Waals surface area contributed by atoms with Crippen LogP contribution in [0.4, 0.5) is 0 Å². The molecule has 0 aliphatic carbocycles. The molecule has 0 aromatic carbocycles. The summed E-state index contributed by atoms with van der Waals surface area (Å²) in [5.41, 5.74) is 0. The summed E-state index contributed by atoms with van der Waals surface area (Å²) >= 11 is 6.03. The van der Waals surface area contributed by atoms with Crippen molar-refractivity contribution in [3.63, 3.8) is 0 Å². The number of hydrogen-bond donors (Lipinski definition) is 0. The first kappa shape index (κ1) is 15.2. The number of unbranched alkanes of at least 4 members (excludes halogenated alkanes) is 1. The number of nitrogens with zero attached hydrogens (tertiary/aromatic N) is 1. The number of halogens is 1. The molecule has 0 bridgehead atoms. The Morgan fingerprint density at radius 2 is 2.07 bits per heavy atom. The van der Waals surface area contributed by atoms with Gasteiger partial charge in [-0.1, -0.05) is 13.3 Å². The summed E-state index contributed by atoms with van der Waals surface area (Å²) < 4.78 is 10.4. The van der Waals surface area contributed by atoms with Crippen LogP contribution in [0, 0.1) is 0 Å². The first-order valence-electron chi connectivity index (χ1n) is 5.60. The third-order valence-electron chi connectivity index (χ3n) is 2.12. The van der Waals surface area contributed by atoms with Gasteiger partial charge in [0, 0.05) is 26.8 Å². The molecule has 0 heterocycles. The number of likely N-dealkylation sites (N-methyl/N-ethyl adjacent to an activating group) is 1. The van der Waals surface area contributed by atoms with Crippen LogP contribution in [0.5, 0.6) is 0 Å². The SMILES string of the molecule is CCCCOCCN(C)CC(Cl)COC. The summed E-state index contributed by atoms with van der Waals surface area (Å²) in [5, 5.41) is 0.0654. The molecule has 0 amide bonds. The summed E-state index contributed by atoms with van der Waals surface area (Å²) in [4.78, 5) is 2.17. The molecule has 0 aromatic rings. The maximum atomic E-state index is 6.03. The first-order chi connectivity index (χ1) is 7.20. The summed E-state index contributed by atoms with van der Waals surface area (Å²) in [5.74, 6) is 0. The summed E-state index contributed by atoms with van der Waals surface area (Å²) in [6.07, 6.45) is 2.33. The topological polar surface area (TPSA) is 21.7 Å². The van der Waals surface area contributed by atoms with Gasteiger partial charge >= 0.3 is 0 Å². The Labute approximate surface area is 98.7 Å². The van der Waals surface area contributed by atoms with Crippen LogP contribution in [0.2, 0.25) is 0 Å². The maximum Gasteiger partial charge on any atom is 0.0696 e. The molecule has 0 radical (unpaired) electrons. The van der Waals surface area contributed by atoms with Crippen molar-refractivity contribution < 1.29 is 9.47 Å². The second-order valence-corrected chi connectivity index (χ2v) is 4.40. The van der Waals surface area contributed by atoms with Gasteiger partial charge in [0.1, 0.15) is 0 Å². The van der Waals surface area contributed by atoms with Crippen LogP contribution < -0.4 is 0 Å². The zero-order valence-electron chi connectivity index (χ0n) is 10.2. The zero-order valence-corrected chi connectivity index (χ0v) is 10.9. The molecular weight excluding hydrogens is 214 g/mol. The van der Waals surface area contributed by atoms with Crippen LogP contribution in [0.15, 0.2) is 0 Å². The molecule has 1 unspecified atom stereocenters. The highest BCUT2D eigenvalue weighted by Crippen LogP contribution is 1.99. The molecule has 0 N–H and O–H groups in total. The van der Waals surface area contributed by atoms with Crippen molar-refractivity contribution in [1.82, 2.24) is 4.90 Å². The normalized spacial score (nSPS) is 13.4. The predicted molar refractivity (Wildman–Crippen MR) is 64.7 cm³/mol. The van der Waals surface area contributed by atoms with E-state index in [4.69, 9.17) is 21.1 Å². The summed E-state index contributed by atoms with van der Waals surface area (Å²) in [6.45, 7) is 6.18. The van der Waals surface area contributed by atoms with Crippen LogP contribution in [-0.4, -0.2) is 57.3 Å². The third kappa shape index (κ3) is 10.5. The minimum atomic E-state index is 0.0654. The van der Waals surface area contributed by atoms with E-state index in [9.17, 15) is 0 Å². The molecule has 3 nitrogen and oxygen atoms in total. The fourth-order valence-electron chi connectivity index (χ4n) is 1.23. The van der Waals surface area contributed by atoms with E-state index in [1.165, 1.54) is 6.42 Å². The van der Waals surface area contributed by atoms with Gasteiger partial charge < -0.3 is 14.4 Å². The van der Waals surface area contributed by atoms with Crippen molar-refractivity contribution in [1.29, 1.82) is 0 Å². The fourth-order valence-corrected chi connectivity index (χ4v) is 1.59. The Morgan fingerprint density at radius 3 is 2.67 bits per heavy atom. The smallest absolute Gasteiger partial charge is 0.0696 e. The highest BCUT2D eigenvalue weighted by Gasteiger charge is 2.07. The monoisotopic (exact) mass is 237 g/mol. The highest BCUT2D eigenvalue weighted by atomic mass is 35.5. The van der Waals surface area contributed by atoms with Crippen LogP contribution in [-0.2, 0) is 9.47 Å². The summed E-state index contributed by atoms with van der Waals surface area (Å²) in [6, 6.07) is 0. The number of ether oxygens (including phenoxy) is 2. The van der Waals surface area contributed by atoms with Gasteiger partial charge in [0.2, 0.25) is 0 Å². The fraction of sp³-hybridized carbons (Fsp3) is 1.00. The second kappa shape index (κ2) is 10.7. The van der Waals surface area contributed by atoms with Gasteiger partial charge in [-0.25, -0.2) is 0 Å². The van der Waals surface area contributed by atoms with Gasteiger partial charge in [-0.05, 0) is 13.5 Å². The van der Waals surface area contributed by atoms with Gasteiger partial charge in [-0.15, -0.1) is 11.6 Å². The van der Waals surface area contributed by atoms with Crippen molar-refractivity contribution in [2.45, 2.75) is 25.1 Å². The lowest BCUT2D eigenvalue weighted by Gasteiger charge is -2.19. The molecule has 0 aromatic heterocycles. The predicted octanol–water partition coefficient (Wildman–Crippen LogP) is 1.99. The molecule has 4 heteroatoms. The lowest BCUT2D eigenvalue weighted by atomic mass is 10.4. The third-order valence-corrected chi connectivity index (χ3v) is 2.38. The van der Waals surface area contributed by atoms with E-state index in [1.807, 2.05) is 7.05 Å². The minimum absolute atomic E-state index is 0.0654. The van der Waals surface area contributed by atoms with Crippen LogP contribution in [0.25, 0.3) is 0 Å². The average Bonchev–Trinajstić information content (AvgIpc) is 2.17. The van der Waals surface area contributed by atoms with E-state index >= 15 is 0 Å². The van der Waals surface area contributed by atoms with Gasteiger partial charge in [0.05, 0.1) is 18.6 Å². The molecular formula is C11H24ClNO2. The molecule has 92 valence electrons. The quantitative estimate of drug-likeness (QED) is 0.429. The van der Waals surface area contributed by atoms with E-state index in [1.54, 1.807) is 7.11 Å². The second-order valence-electron chi connectivity index (χ2n) is 3.78. The van der Waals surface area contributed by atoms with Gasteiger partial charge in [-0.2, -0.15) is 0 Å². The largest absolute Gasteiger partial charge is 0.383 e. The van der Waals surface area contributed by atoms with Crippen molar-refractivity contribution in [2.75, 3.05) is 47.1 Å². The lowest BCUT2D eigenvalue weighted by molar-refractivity contribution is 0.105. The zero-order chi connectivity index (χ0) is 11.5. The Morgan fingerprint density at radius 1 is 1.33 bits per heavy atom. The highest BCUT2D eigenvalue weighted by molar-refractivity contribution is 6.20. The van der Waals surface area contributed by atoms with Crippen molar-refractivity contribution in [3.05, 3.63) is 0 Å². The number of rotatable bonds is 10. The minimum Gasteiger partial charge on any atom is -0.383 e. The van der Waals surface area contributed by atoms with E-state index in [0.29, 0.717) is 6.61 Å². The molecule has 0 aliphatic rings. The van der Waals surface area contributed by atoms with Crippen LogP contribution >= 0.6 is 11.6 Å². The molecule has 0 spiro atoms. The molecule has 0 saturated carbocycles. The summed E-state index contributed by atoms with van der Waals surface area (Å²) in [7, 11) is 3.72. The lowest BCUT2D eigenvalue weighted by Crippen LogP contribution is -2.31.